The maximum atomic E-state index is 5.30. The Labute approximate surface area is 216 Å². The lowest BCUT2D eigenvalue weighted by molar-refractivity contribution is 0.171. The van der Waals surface area contributed by atoms with Gasteiger partial charge in [0.15, 0.2) is 23.0 Å². The molecule has 190 valence electrons. The van der Waals surface area contributed by atoms with Crippen molar-refractivity contribution in [2.75, 3.05) is 25.3 Å². The predicted molar refractivity (Wildman–Crippen MR) is 151 cm³/mol. The van der Waals surface area contributed by atoms with Gasteiger partial charge in [-0.15, -0.1) is 39.5 Å². The molecule has 0 saturated carbocycles. The summed E-state index contributed by atoms with van der Waals surface area (Å²) in [5.74, 6) is 3.40. The highest BCUT2D eigenvalue weighted by Gasteiger charge is 2.10. The lowest BCUT2D eigenvalue weighted by atomic mass is 10.0. The van der Waals surface area contributed by atoms with Crippen LogP contribution >= 0.6 is 0 Å². The standard InChI is InChI=1S/C10H11N.C8H8O2.C7H6O2.3C2H4/c1-8-6-7-9-4-2-3-5-10(9)11-8;1-2-4-8-7(3-1)9-5-6-10-8;1-2-4-7-6(3-1)8-5-9-7;3*1-2/h2-5,11H,1,6-7H2;1-4H,5-6H2;1-4H,5H2;3*1-2H2. The molecule has 0 amide bonds. The Kier molecular flexibility index (Phi) is 14.8. The fourth-order valence-electron chi connectivity index (χ4n) is 3.24. The van der Waals surface area contributed by atoms with Gasteiger partial charge in [0.05, 0.1) is 0 Å². The van der Waals surface area contributed by atoms with Gasteiger partial charge in [-0.1, -0.05) is 49.0 Å². The van der Waals surface area contributed by atoms with E-state index in [1.54, 1.807) is 0 Å². The summed E-state index contributed by atoms with van der Waals surface area (Å²) in [6, 6.07) is 23.7. The molecule has 3 heterocycles. The summed E-state index contributed by atoms with van der Waals surface area (Å²) in [5.41, 5.74) is 3.76. The molecule has 0 aliphatic carbocycles. The molecule has 1 N–H and O–H groups in total. The van der Waals surface area contributed by atoms with Crippen LogP contribution < -0.4 is 24.3 Å². The van der Waals surface area contributed by atoms with E-state index in [0.717, 1.165) is 41.5 Å². The number of hydrogen-bond acceptors (Lipinski definition) is 5. The minimum absolute atomic E-state index is 0.360. The topological polar surface area (TPSA) is 49.0 Å². The summed E-state index contributed by atoms with van der Waals surface area (Å²) < 4.78 is 20.7. The number of benzene rings is 3. The Hall–Kier alpha value is -4.38. The molecule has 0 aromatic heterocycles. The van der Waals surface area contributed by atoms with E-state index in [-0.39, 0.29) is 0 Å². The molecule has 0 bridgehead atoms. The van der Waals surface area contributed by atoms with E-state index in [2.05, 4.69) is 69.6 Å². The minimum atomic E-state index is 0.360. The number of nitrogens with one attached hydrogen (secondary N) is 1. The highest BCUT2D eigenvalue weighted by molar-refractivity contribution is 5.57. The summed E-state index contributed by atoms with van der Waals surface area (Å²) in [6.45, 7) is 23.6. The van der Waals surface area contributed by atoms with Gasteiger partial charge in [-0.25, -0.2) is 0 Å². The normalized spacial score (nSPS) is 12.6. The quantitative estimate of drug-likeness (QED) is 0.327. The van der Waals surface area contributed by atoms with Crippen LogP contribution in [-0.4, -0.2) is 20.0 Å². The molecule has 0 radical (unpaired) electrons. The summed E-state index contributed by atoms with van der Waals surface area (Å²) in [6.07, 6.45) is 2.19. The second-order valence-electron chi connectivity index (χ2n) is 6.88. The van der Waals surface area contributed by atoms with Crippen molar-refractivity contribution in [3.63, 3.8) is 0 Å². The van der Waals surface area contributed by atoms with E-state index in [9.17, 15) is 0 Å². The lowest BCUT2D eigenvalue weighted by Crippen LogP contribution is -2.14. The molecule has 3 aromatic rings. The number of para-hydroxylation sites is 5. The van der Waals surface area contributed by atoms with Crippen LogP contribution in [0.3, 0.4) is 0 Å². The van der Waals surface area contributed by atoms with Gasteiger partial charge in [-0.3, -0.25) is 0 Å². The van der Waals surface area contributed by atoms with Gasteiger partial charge < -0.3 is 24.3 Å². The first-order chi connectivity index (χ1) is 17.8. The minimum Gasteiger partial charge on any atom is -0.486 e. The van der Waals surface area contributed by atoms with Crippen molar-refractivity contribution in [2.24, 2.45) is 0 Å². The molecule has 0 saturated heterocycles. The number of hydrogen-bond donors (Lipinski definition) is 1. The van der Waals surface area contributed by atoms with Crippen LogP contribution in [0.15, 0.2) is 125 Å². The van der Waals surface area contributed by atoms with Crippen molar-refractivity contribution in [3.05, 3.63) is 130 Å². The van der Waals surface area contributed by atoms with Gasteiger partial charge in [0.2, 0.25) is 6.79 Å². The van der Waals surface area contributed by atoms with Crippen molar-refractivity contribution in [2.45, 2.75) is 12.8 Å². The van der Waals surface area contributed by atoms with Crippen LogP contribution in [-0.2, 0) is 6.42 Å². The van der Waals surface area contributed by atoms with Crippen molar-refractivity contribution < 1.29 is 18.9 Å². The maximum absolute atomic E-state index is 5.30. The van der Waals surface area contributed by atoms with Gasteiger partial charge in [0.1, 0.15) is 13.2 Å². The molecule has 0 fully saturated rings. The van der Waals surface area contributed by atoms with Crippen molar-refractivity contribution in [3.8, 4) is 23.0 Å². The molecule has 0 unspecified atom stereocenters. The zero-order chi connectivity index (χ0) is 26.6. The average Bonchev–Trinajstić information content (AvgIpc) is 3.46. The van der Waals surface area contributed by atoms with Crippen LogP contribution in [0, 0.1) is 0 Å². The molecule has 5 heteroatoms. The molecule has 3 aliphatic heterocycles. The van der Waals surface area contributed by atoms with Crippen LogP contribution in [0.4, 0.5) is 5.69 Å². The molecule has 5 nitrogen and oxygen atoms in total. The third-order valence-electron chi connectivity index (χ3n) is 4.75. The number of fused-ring (bicyclic) bond motifs is 3. The molecular weight excluding hydrogens is 450 g/mol. The maximum Gasteiger partial charge on any atom is 0.231 e. The highest BCUT2D eigenvalue weighted by Crippen LogP contribution is 2.30. The Morgan fingerprint density at radius 2 is 0.944 bits per heavy atom. The lowest BCUT2D eigenvalue weighted by Gasteiger charge is -2.19. The fourth-order valence-corrected chi connectivity index (χ4v) is 3.24. The van der Waals surface area contributed by atoms with E-state index in [4.69, 9.17) is 18.9 Å². The predicted octanol–water partition coefficient (Wildman–Crippen LogP) is 7.84. The van der Waals surface area contributed by atoms with Gasteiger partial charge in [0, 0.05) is 11.4 Å². The Balaban J connectivity index is 0.000000245. The third kappa shape index (κ3) is 9.47. The molecular formula is C31H37NO4. The molecule has 3 aliphatic rings. The van der Waals surface area contributed by atoms with E-state index >= 15 is 0 Å². The Bertz CT molecular complexity index is 997. The average molecular weight is 488 g/mol. The molecule has 6 rings (SSSR count). The van der Waals surface area contributed by atoms with E-state index in [0.29, 0.717) is 20.0 Å². The number of allylic oxidation sites excluding steroid dienone is 1. The van der Waals surface area contributed by atoms with Crippen LogP contribution in [0.2, 0.25) is 0 Å². The number of ether oxygens (including phenoxy) is 4. The molecule has 3 aromatic carbocycles. The van der Waals surface area contributed by atoms with Gasteiger partial charge >= 0.3 is 0 Å². The smallest absolute Gasteiger partial charge is 0.231 e. The van der Waals surface area contributed by atoms with Crippen LogP contribution in [0.25, 0.3) is 0 Å². The summed E-state index contributed by atoms with van der Waals surface area (Å²) in [5, 5.41) is 3.27. The van der Waals surface area contributed by atoms with Crippen LogP contribution in [0.5, 0.6) is 23.0 Å². The largest absolute Gasteiger partial charge is 0.486 e. The van der Waals surface area contributed by atoms with Crippen LogP contribution in [0.1, 0.15) is 12.0 Å². The Morgan fingerprint density at radius 3 is 1.44 bits per heavy atom. The van der Waals surface area contributed by atoms with E-state index in [1.165, 1.54) is 11.3 Å². The fraction of sp³-hybridized carbons (Fsp3) is 0.161. The van der Waals surface area contributed by atoms with Gasteiger partial charge in [0.25, 0.3) is 0 Å². The highest BCUT2D eigenvalue weighted by atomic mass is 16.7. The van der Waals surface area contributed by atoms with E-state index < -0.39 is 0 Å². The summed E-state index contributed by atoms with van der Waals surface area (Å²) in [4.78, 5) is 0. The first kappa shape index (κ1) is 29.7. The molecule has 0 atom stereocenters. The first-order valence-corrected chi connectivity index (χ1v) is 11.5. The van der Waals surface area contributed by atoms with Gasteiger partial charge in [-0.05, 0) is 48.7 Å². The zero-order valence-electron chi connectivity index (χ0n) is 21.0. The van der Waals surface area contributed by atoms with Gasteiger partial charge in [-0.2, -0.15) is 0 Å². The summed E-state index contributed by atoms with van der Waals surface area (Å²) >= 11 is 0. The zero-order valence-corrected chi connectivity index (χ0v) is 21.0. The summed E-state index contributed by atoms with van der Waals surface area (Å²) in [7, 11) is 0. The van der Waals surface area contributed by atoms with Crippen molar-refractivity contribution in [1.82, 2.24) is 0 Å². The molecule has 0 spiro atoms. The van der Waals surface area contributed by atoms with Crippen molar-refractivity contribution >= 4 is 5.69 Å². The number of anilines is 1. The SMILES string of the molecule is C=C.C=C.C=C.C=C1CCc2ccccc2N1.c1ccc2c(c1)OCCO2.c1ccc2c(c1)OCO2. The third-order valence-corrected chi connectivity index (χ3v) is 4.75. The van der Waals surface area contributed by atoms with Crippen molar-refractivity contribution in [1.29, 1.82) is 0 Å². The number of aryl methyl sites for hydroxylation is 1. The molecule has 36 heavy (non-hydrogen) atoms. The first-order valence-electron chi connectivity index (χ1n) is 11.5. The second-order valence-corrected chi connectivity index (χ2v) is 6.88. The number of rotatable bonds is 0. The van der Waals surface area contributed by atoms with E-state index in [1.807, 2.05) is 54.6 Å². The Morgan fingerprint density at radius 1 is 0.528 bits per heavy atom. The second kappa shape index (κ2) is 18.0. The monoisotopic (exact) mass is 487 g/mol.